The van der Waals surface area contributed by atoms with Crippen LogP contribution in [0, 0.1) is 5.92 Å². The Morgan fingerprint density at radius 2 is 1.96 bits per heavy atom. The molecule has 4 rings (SSSR count). The van der Waals surface area contributed by atoms with Crippen LogP contribution in [-0.4, -0.2) is 36.5 Å². The number of nitrogens with two attached hydrogens (primary N) is 1. The van der Waals surface area contributed by atoms with Crippen LogP contribution in [0.3, 0.4) is 0 Å². The first-order valence-corrected chi connectivity index (χ1v) is 8.34. The lowest BCUT2D eigenvalue weighted by Gasteiger charge is -2.23. The van der Waals surface area contributed by atoms with Crippen LogP contribution in [0.25, 0.3) is 0 Å². The second kappa shape index (κ2) is 6.17. The summed E-state index contributed by atoms with van der Waals surface area (Å²) in [6, 6.07) is 14.8. The largest absolute Gasteiger partial charge is 0.457 e. The molecule has 5 heteroatoms. The fourth-order valence-corrected chi connectivity index (χ4v) is 3.59. The fourth-order valence-electron chi connectivity index (χ4n) is 3.59. The van der Waals surface area contributed by atoms with Crippen molar-refractivity contribution in [2.24, 2.45) is 5.92 Å². The summed E-state index contributed by atoms with van der Waals surface area (Å²) in [7, 11) is 0. The number of benzene rings is 2. The molecule has 24 heavy (non-hydrogen) atoms. The average Bonchev–Trinajstić information content (AvgIpc) is 3.18. The van der Waals surface area contributed by atoms with Crippen LogP contribution in [0.2, 0.25) is 0 Å². The Hall–Kier alpha value is -2.53. The van der Waals surface area contributed by atoms with Gasteiger partial charge in [0.1, 0.15) is 11.5 Å². The number of fused-ring (bicyclic) bond motifs is 2. The SMILES string of the molecule is Nc1cccc(Oc2ccc(C(=O)NC3CN4CC[C@H]3C4)cc2)c1. The number of carbonyl (C=O) groups is 1. The summed E-state index contributed by atoms with van der Waals surface area (Å²) in [6.45, 7) is 3.28. The maximum absolute atomic E-state index is 12.4. The standard InChI is InChI=1S/C19H21N3O2/c20-15-2-1-3-17(10-15)24-16-6-4-13(5-7-16)19(23)21-18-12-22-9-8-14(18)11-22/h1-7,10,14,18H,8-9,11-12,20H2,(H,21,23)/t14-,18?/m0/s1. The van der Waals surface area contributed by atoms with Crippen molar-refractivity contribution in [2.45, 2.75) is 12.5 Å². The van der Waals surface area contributed by atoms with Crippen molar-refractivity contribution < 1.29 is 9.53 Å². The van der Waals surface area contributed by atoms with E-state index in [1.54, 1.807) is 18.2 Å². The molecule has 124 valence electrons. The normalized spacial score (nSPS) is 24.8. The Morgan fingerprint density at radius 3 is 2.62 bits per heavy atom. The van der Waals surface area contributed by atoms with Gasteiger partial charge in [-0.05, 0) is 55.3 Å². The number of hydrogen-bond donors (Lipinski definition) is 2. The Kier molecular flexibility index (Phi) is 3.86. The lowest BCUT2D eigenvalue weighted by molar-refractivity contribution is 0.0924. The molecule has 0 radical (unpaired) electrons. The summed E-state index contributed by atoms with van der Waals surface area (Å²) in [5, 5.41) is 3.17. The molecule has 3 N–H and O–H groups in total. The highest BCUT2D eigenvalue weighted by Crippen LogP contribution is 2.28. The van der Waals surface area contributed by atoms with E-state index in [0.717, 1.165) is 13.1 Å². The van der Waals surface area contributed by atoms with E-state index in [2.05, 4.69) is 10.2 Å². The summed E-state index contributed by atoms with van der Waals surface area (Å²) in [4.78, 5) is 14.8. The van der Waals surface area contributed by atoms with Crippen LogP contribution in [0.5, 0.6) is 11.5 Å². The monoisotopic (exact) mass is 323 g/mol. The van der Waals surface area contributed by atoms with E-state index >= 15 is 0 Å². The molecule has 1 amide bonds. The molecule has 2 fully saturated rings. The lowest BCUT2D eigenvalue weighted by Crippen LogP contribution is -2.43. The minimum absolute atomic E-state index is 0.00995. The Labute approximate surface area is 141 Å². The van der Waals surface area contributed by atoms with Crippen molar-refractivity contribution in [3.63, 3.8) is 0 Å². The zero-order valence-electron chi connectivity index (χ0n) is 13.4. The number of rotatable bonds is 4. The maximum Gasteiger partial charge on any atom is 0.251 e. The summed E-state index contributed by atoms with van der Waals surface area (Å²) in [6.07, 6.45) is 1.19. The van der Waals surface area contributed by atoms with Crippen LogP contribution in [0.1, 0.15) is 16.8 Å². The quantitative estimate of drug-likeness (QED) is 0.848. The predicted molar refractivity (Wildman–Crippen MR) is 93.2 cm³/mol. The van der Waals surface area contributed by atoms with E-state index in [9.17, 15) is 4.79 Å². The second-order valence-electron chi connectivity index (χ2n) is 6.59. The molecule has 0 spiro atoms. The molecule has 2 bridgehead atoms. The number of hydrogen-bond acceptors (Lipinski definition) is 4. The molecule has 2 saturated heterocycles. The molecule has 0 aliphatic carbocycles. The van der Waals surface area contributed by atoms with Crippen LogP contribution in [0.15, 0.2) is 48.5 Å². The second-order valence-corrected chi connectivity index (χ2v) is 6.59. The molecule has 2 heterocycles. The molecular weight excluding hydrogens is 302 g/mol. The van der Waals surface area contributed by atoms with Gasteiger partial charge in [-0.25, -0.2) is 0 Å². The van der Waals surface area contributed by atoms with Gasteiger partial charge in [-0.15, -0.1) is 0 Å². The van der Waals surface area contributed by atoms with Gasteiger partial charge in [0.05, 0.1) is 0 Å². The van der Waals surface area contributed by atoms with Gasteiger partial charge in [-0.2, -0.15) is 0 Å². The van der Waals surface area contributed by atoms with E-state index in [1.165, 1.54) is 13.0 Å². The Morgan fingerprint density at radius 1 is 1.12 bits per heavy atom. The van der Waals surface area contributed by atoms with Gasteiger partial charge in [0.2, 0.25) is 0 Å². The van der Waals surface area contributed by atoms with Crippen molar-refractivity contribution in [3.05, 3.63) is 54.1 Å². The van der Waals surface area contributed by atoms with Crippen LogP contribution >= 0.6 is 0 Å². The highest BCUT2D eigenvalue weighted by Gasteiger charge is 2.38. The third-order valence-electron chi connectivity index (χ3n) is 4.86. The smallest absolute Gasteiger partial charge is 0.251 e. The molecule has 0 aromatic heterocycles. The van der Waals surface area contributed by atoms with Crippen molar-refractivity contribution >= 4 is 11.6 Å². The Bertz CT molecular complexity index is 745. The molecule has 2 unspecified atom stereocenters. The van der Waals surface area contributed by atoms with Crippen molar-refractivity contribution in [3.8, 4) is 11.5 Å². The summed E-state index contributed by atoms with van der Waals surface area (Å²) < 4.78 is 5.75. The summed E-state index contributed by atoms with van der Waals surface area (Å²) in [5.74, 6) is 1.97. The van der Waals surface area contributed by atoms with Crippen molar-refractivity contribution in [1.82, 2.24) is 10.2 Å². The number of anilines is 1. The van der Waals surface area contributed by atoms with Gasteiger partial charge in [0, 0.05) is 36.4 Å². The summed E-state index contributed by atoms with van der Waals surface area (Å²) >= 11 is 0. The first kappa shape index (κ1) is 15.0. The topological polar surface area (TPSA) is 67.6 Å². The number of nitrogens with zero attached hydrogens (tertiary/aromatic N) is 1. The number of amides is 1. The highest BCUT2D eigenvalue weighted by molar-refractivity contribution is 5.94. The van der Waals surface area contributed by atoms with Gasteiger partial charge < -0.3 is 20.7 Å². The minimum Gasteiger partial charge on any atom is -0.457 e. The van der Waals surface area contributed by atoms with E-state index in [0.29, 0.717) is 28.7 Å². The van der Waals surface area contributed by atoms with E-state index in [4.69, 9.17) is 10.5 Å². The van der Waals surface area contributed by atoms with Crippen LogP contribution < -0.4 is 15.8 Å². The van der Waals surface area contributed by atoms with Gasteiger partial charge in [0.25, 0.3) is 5.91 Å². The lowest BCUT2D eigenvalue weighted by atomic mass is 9.99. The van der Waals surface area contributed by atoms with Gasteiger partial charge in [-0.1, -0.05) is 6.07 Å². The third kappa shape index (κ3) is 3.08. The van der Waals surface area contributed by atoms with Crippen molar-refractivity contribution in [2.75, 3.05) is 25.4 Å². The first-order chi connectivity index (χ1) is 11.7. The summed E-state index contributed by atoms with van der Waals surface area (Å²) in [5.41, 5.74) is 7.06. The molecule has 5 nitrogen and oxygen atoms in total. The molecular formula is C19H21N3O2. The van der Waals surface area contributed by atoms with E-state index in [1.807, 2.05) is 30.3 Å². The number of carbonyl (C=O) groups excluding carboxylic acids is 1. The van der Waals surface area contributed by atoms with Crippen LogP contribution in [-0.2, 0) is 0 Å². The molecule has 2 aromatic rings. The first-order valence-electron chi connectivity index (χ1n) is 8.34. The van der Waals surface area contributed by atoms with E-state index < -0.39 is 0 Å². The van der Waals surface area contributed by atoms with Gasteiger partial charge in [0.15, 0.2) is 0 Å². The number of ether oxygens (including phenoxy) is 1. The number of nitrogens with one attached hydrogen (secondary N) is 1. The molecule has 3 atom stereocenters. The third-order valence-corrected chi connectivity index (χ3v) is 4.86. The fraction of sp³-hybridized carbons (Fsp3) is 0.316. The van der Waals surface area contributed by atoms with Gasteiger partial charge >= 0.3 is 0 Å². The minimum atomic E-state index is -0.00995. The van der Waals surface area contributed by atoms with Gasteiger partial charge in [-0.3, -0.25) is 4.79 Å². The number of nitrogen functional groups attached to an aromatic ring is 1. The molecule has 2 aromatic carbocycles. The zero-order valence-corrected chi connectivity index (χ0v) is 13.4. The van der Waals surface area contributed by atoms with Crippen molar-refractivity contribution in [1.29, 1.82) is 0 Å². The average molecular weight is 323 g/mol. The molecule has 2 aliphatic heterocycles. The highest BCUT2D eigenvalue weighted by atomic mass is 16.5. The molecule has 2 aliphatic rings. The zero-order chi connectivity index (χ0) is 16.5. The van der Waals surface area contributed by atoms with E-state index in [-0.39, 0.29) is 11.9 Å². The van der Waals surface area contributed by atoms with Crippen LogP contribution in [0.4, 0.5) is 5.69 Å². The Balaban J connectivity index is 1.39. The predicted octanol–water partition coefficient (Wildman–Crippen LogP) is 2.50. The molecule has 0 saturated carbocycles. The maximum atomic E-state index is 12.4. The number of piperidine rings is 1.